The van der Waals surface area contributed by atoms with Gasteiger partial charge < -0.3 is 19.3 Å². The number of hydrogen-bond acceptors (Lipinski definition) is 7. The number of hydrogen-bond donors (Lipinski definition) is 0. The Hall–Kier alpha value is -4.13. The van der Waals surface area contributed by atoms with Crippen LogP contribution in [0.25, 0.3) is 11.1 Å². The Bertz CT molecular complexity index is 1470. The molecule has 0 spiro atoms. The van der Waals surface area contributed by atoms with Gasteiger partial charge in [0.2, 0.25) is 5.91 Å². The Kier molecular flexibility index (Phi) is 11.7. The number of amides is 2. The van der Waals surface area contributed by atoms with Crippen molar-refractivity contribution in [3.63, 3.8) is 0 Å². The minimum atomic E-state index is -0.601. The van der Waals surface area contributed by atoms with Gasteiger partial charge in [0.15, 0.2) is 0 Å². The number of nitrogens with zero attached hydrogens (tertiary/aromatic N) is 4. The molecule has 0 radical (unpaired) electrons. The minimum Gasteiger partial charge on any atom is -0.444 e. The Morgan fingerprint density at radius 1 is 1.02 bits per heavy atom. The third-order valence-electron chi connectivity index (χ3n) is 8.89. The van der Waals surface area contributed by atoms with E-state index in [-0.39, 0.29) is 53.8 Å². The molecule has 4 rings (SSSR count). The number of nitriles is 1. The smallest absolute Gasteiger partial charge is 0.410 e. The summed E-state index contributed by atoms with van der Waals surface area (Å²) in [7, 11) is 0. The number of aromatic nitrogens is 1. The summed E-state index contributed by atoms with van der Waals surface area (Å²) in [5, 5.41) is 9.23. The van der Waals surface area contributed by atoms with Crippen LogP contribution >= 0.6 is 0 Å². The fourth-order valence-corrected chi connectivity index (χ4v) is 6.38. The van der Waals surface area contributed by atoms with Crippen molar-refractivity contribution in [3.05, 3.63) is 53.6 Å². The molecule has 0 saturated carbocycles. The van der Waals surface area contributed by atoms with Gasteiger partial charge in [-0.3, -0.25) is 14.6 Å². The average Bonchev–Trinajstić information content (AvgIpc) is 3.03. The van der Waals surface area contributed by atoms with Crippen molar-refractivity contribution in [2.45, 2.75) is 90.6 Å². The first-order valence-electron chi connectivity index (χ1n) is 16.3. The van der Waals surface area contributed by atoms with E-state index in [9.17, 15) is 28.8 Å². The Morgan fingerprint density at radius 3 is 2.43 bits per heavy atom. The first-order valence-corrected chi connectivity index (χ1v) is 16.3. The van der Waals surface area contributed by atoms with E-state index in [0.29, 0.717) is 56.1 Å². The molecular formula is C36H45FN4O5. The lowest BCUT2D eigenvalue weighted by atomic mass is 9.83. The second-order valence-electron chi connectivity index (χ2n) is 13.7. The Balaban J connectivity index is 1.32. The van der Waals surface area contributed by atoms with Gasteiger partial charge in [-0.05, 0) is 101 Å². The van der Waals surface area contributed by atoms with Crippen LogP contribution in [0.1, 0.15) is 96.1 Å². The van der Waals surface area contributed by atoms with E-state index in [1.807, 2.05) is 37.8 Å². The molecule has 2 atom stereocenters. The molecule has 1 unspecified atom stereocenters. The largest absolute Gasteiger partial charge is 0.444 e. The van der Waals surface area contributed by atoms with Crippen LogP contribution in [0.3, 0.4) is 0 Å². The molecule has 9 nitrogen and oxygen atoms in total. The highest BCUT2D eigenvalue weighted by molar-refractivity contribution is 5.85. The van der Waals surface area contributed by atoms with Crippen molar-refractivity contribution in [3.8, 4) is 17.2 Å². The maximum absolute atomic E-state index is 13.9. The summed E-state index contributed by atoms with van der Waals surface area (Å²) in [5.41, 5.74) is 1.42. The molecule has 0 aliphatic carbocycles. The number of halogens is 1. The normalized spacial score (nSPS) is 18.0. The number of carbonyl (C=O) groups is 4. The first-order chi connectivity index (χ1) is 21.8. The molecule has 1 aromatic carbocycles. The number of pyridine rings is 1. The van der Waals surface area contributed by atoms with Gasteiger partial charge in [0.25, 0.3) is 0 Å². The zero-order valence-electron chi connectivity index (χ0n) is 27.4. The van der Waals surface area contributed by atoms with Gasteiger partial charge in [-0.15, -0.1) is 0 Å². The topological polar surface area (TPSA) is 121 Å². The molecule has 1 aromatic heterocycles. The molecule has 2 fully saturated rings. The highest BCUT2D eigenvalue weighted by atomic mass is 18.2. The molecule has 10 heteroatoms. The number of benzene rings is 1. The summed E-state index contributed by atoms with van der Waals surface area (Å²) in [6, 6.07) is 7.96. The van der Waals surface area contributed by atoms with E-state index in [1.54, 1.807) is 23.4 Å². The summed E-state index contributed by atoms with van der Waals surface area (Å²) in [6.07, 6.45) is 7.58. The quantitative estimate of drug-likeness (QED) is 0.296. The van der Waals surface area contributed by atoms with Crippen LogP contribution in [0.5, 0.6) is 0 Å². The lowest BCUT2D eigenvalue weighted by Crippen LogP contribution is -2.43. The zero-order chi connectivity index (χ0) is 33.4. The first kappa shape index (κ1) is 34.7. The van der Waals surface area contributed by atoms with Gasteiger partial charge in [-0.25, -0.2) is 9.18 Å². The van der Waals surface area contributed by atoms with E-state index >= 15 is 0 Å². The third kappa shape index (κ3) is 9.68. The van der Waals surface area contributed by atoms with Gasteiger partial charge in [0, 0.05) is 69.3 Å². The van der Waals surface area contributed by atoms with Crippen molar-refractivity contribution in [1.29, 1.82) is 5.26 Å². The molecule has 3 heterocycles. The van der Waals surface area contributed by atoms with Crippen LogP contribution in [0.15, 0.2) is 36.7 Å². The molecule has 2 aliphatic rings. The van der Waals surface area contributed by atoms with Crippen LogP contribution in [-0.2, 0) is 19.1 Å². The molecule has 2 saturated heterocycles. The van der Waals surface area contributed by atoms with E-state index in [2.05, 4.69) is 4.98 Å². The molecule has 246 valence electrons. The van der Waals surface area contributed by atoms with Crippen molar-refractivity contribution in [2.24, 2.45) is 11.8 Å². The minimum absolute atomic E-state index is 0.0252. The van der Waals surface area contributed by atoms with Crippen LogP contribution in [-0.4, -0.2) is 70.1 Å². The lowest BCUT2D eigenvalue weighted by Gasteiger charge is -2.35. The predicted octanol–water partition coefficient (Wildman–Crippen LogP) is 6.45. The molecule has 46 heavy (non-hydrogen) atoms. The van der Waals surface area contributed by atoms with Crippen molar-refractivity contribution in [2.75, 3.05) is 26.2 Å². The number of piperidine rings is 2. The maximum Gasteiger partial charge on any atom is 0.410 e. The molecule has 2 aliphatic heterocycles. The molecular weight excluding hydrogens is 586 g/mol. The second-order valence-corrected chi connectivity index (χ2v) is 13.7. The number of Topliss-reactive ketones (excluding diaryl/α,β-unsaturated/α-hetero) is 2. The van der Waals surface area contributed by atoms with Gasteiger partial charge in [0.05, 0.1) is 5.56 Å². The van der Waals surface area contributed by atoms with E-state index in [0.717, 1.165) is 31.2 Å². The fraction of sp³-hybridized carbons (Fsp3) is 0.556. The SMILES string of the molecule is CC(=O)CC(CC(=O)[C@@H]1CCCN(C(=O)CCC2CCN(C(=O)OC(C)(C)C)CC2)C1)c1cncc(-c2ccc([18F])c(C#N)c2)c1. The zero-order valence-corrected chi connectivity index (χ0v) is 27.4. The number of carbonyl (C=O) groups excluding carboxylic acids is 4. The average molecular weight is 632 g/mol. The third-order valence-corrected chi connectivity index (χ3v) is 8.89. The molecule has 0 N–H and O–H groups in total. The van der Waals surface area contributed by atoms with Gasteiger partial charge >= 0.3 is 6.09 Å². The standard InChI is InChI=1S/C36H45FN4O5/c1-24(42)16-28(31-18-30(21-39-22-31)26-8-9-32(37)29(17-26)20-38)19-33(43)27-6-5-13-41(23-27)34(44)10-7-25-11-14-40(15-12-25)35(45)46-36(2,3)4/h8-9,17-18,21-22,25,27-28H,5-7,10-16,19,23H2,1-4H3/t27-,28?/m1/s1/i37-1. The number of likely N-dealkylation sites (tertiary alicyclic amines) is 2. The monoisotopic (exact) mass is 631 g/mol. The van der Waals surface area contributed by atoms with Crippen molar-refractivity contribution in [1.82, 2.24) is 14.8 Å². The molecule has 2 amide bonds. The Morgan fingerprint density at radius 2 is 1.76 bits per heavy atom. The van der Waals surface area contributed by atoms with E-state index < -0.39 is 11.4 Å². The number of rotatable bonds is 10. The summed E-state index contributed by atoms with van der Waals surface area (Å²) >= 11 is 0. The maximum atomic E-state index is 13.9. The van der Waals surface area contributed by atoms with Crippen LogP contribution in [0, 0.1) is 29.0 Å². The summed E-state index contributed by atoms with van der Waals surface area (Å²) in [5.74, 6) is -0.882. The van der Waals surface area contributed by atoms with Crippen LogP contribution < -0.4 is 0 Å². The predicted molar refractivity (Wildman–Crippen MR) is 171 cm³/mol. The highest BCUT2D eigenvalue weighted by Gasteiger charge is 2.32. The van der Waals surface area contributed by atoms with Gasteiger partial charge in [-0.1, -0.05) is 6.07 Å². The summed E-state index contributed by atoms with van der Waals surface area (Å²) in [4.78, 5) is 59.3. The van der Waals surface area contributed by atoms with Gasteiger partial charge in [-0.2, -0.15) is 5.26 Å². The number of ketones is 2. The summed E-state index contributed by atoms with van der Waals surface area (Å²) in [6.45, 7) is 9.32. The second kappa shape index (κ2) is 15.4. The molecule has 2 aromatic rings. The lowest BCUT2D eigenvalue weighted by molar-refractivity contribution is -0.135. The summed E-state index contributed by atoms with van der Waals surface area (Å²) < 4.78 is 19.4. The van der Waals surface area contributed by atoms with Crippen molar-refractivity contribution < 1.29 is 28.3 Å². The number of ether oxygens (including phenoxy) is 1. The van der Waals surface area contributed by atoms with Gasteiger partial charge in [0.1, 0.15) is 29.1 Å². The molecule has 0 bridgehead atoms. The van der Waals surface area contributed by atoms with Crippen LogP contribution in [0.2, 0.25) is 0 Å². The van der Waals surface area contributed by atoms with E-state index in [4.69, 9.17) is 4.74 Å². The fourth-order valence-electron chi connectivity index (χ4n) is 6.38. The van der Waals surface area contributed by atoms with Crippen LogP contribution in [0.4, 0.5) is 9.18 Å². The highest BCUT2D eigenvalue weighted by Crippen LogP contribution is 2.31. The van der Waals surface area contributed by atoms with Crippen molar-refractivity contribution >= 4 is 23.6 Å². The van der Waals surface area contributed by atoms with E-state index in [1.165, 1.54) is 19.1 Å². The Labute approximate surface area is 271 Å².